The molecular formula is C7H14ClNO2S. The lowest BCUT2D eigenvalue weighted by Gasteiger charge is -2.06. The molecule has 3 nitrogen and oxygen atoms in total. The summed E-state index contributed by atoms with van der Waals surface area (Å²) < 4.78 is 4.44. The van der Waals surface area contributed by atoms with Gasteiger partial charge in [-0.25, -0.2) is 0 Å². The Labute approximate surface area is 83.1 Å². The third kappa shape index (κ3) is 6.52. The average Bonchev–Trinajstić information content (AvgIpc) is 2.03. The highest BCUT2D eigenvalue weighted by Crippen LogP contribution is 2.01. The van der Waals surface area contributed by atoms with E-state index in [1.165, 1.54) is 7.11 Å². The summed E-state index contributed by atoms with van der Waals surface area (Å²) in [5, 5.41) is 0. The number of hydrogen-bond acceptors (Lipinski definition) is 4. The molecule has 0 aromatic carbocycles. The van der Waals surface area contributed by atoms with Crippen LogP contribution in [0.25, 0.3) is 0 Å². The fraction of sp³-hybridized carbons (Fsp3) is 0.571. The number of rotatable bonds is 5. The van der Waals surface area contributed by atoms with Crippen LogP contribution >= 0.6 is 24.2 Å². The Balaban J connectivity index is 0. The molecule has 12 heavy (non-hydrogen) atoms. The lowest BCUT2D eigenvalue weighted by molar-refractivity contribution is -0.141. The average molecular weight is 212 g/mol. The number of thioether (sulfide) groups is 1. The van der Waals surface area contributed by atoms with Gasteiger partial charge in [0, 0.05) is 11.5 Å². The van der Waals surface area contributed by atoms with Crippen LogP contribution in [0.2, 0.25) is 0 Å². The molecule has 0 aromatic heterocycles. The van der Waals surface area contributed by atoms with Crippen LogP contribution in [0.4, 0.5) is 0 Å². The highest BCUT2D eigenvalue weighted by molar-refractivity contribution is 7.99. The smallest absolute Gasteiger partial charge is 0.323 e. The second kappa shape index (κ2) is 8.90. The summed E-state index contributed by atoms with van der Waals surface area (Å²) in [5.41, 5.74) is 5.44. The highest BCUT2D eigenvalue weighted by atomic mass is 35.5. The van der Waals surface area contributed by atoms with Gasteiger partial charge in [0.15, 0.2) is 0 Å². The zero-order chi connectivity index (χ0) is 8.69. The van der Waals surface area contributed by atoms with E-state index in [-0.39, 0.29) is 18.4 Å². The Morgan fingerprint density at radius 1 is 1.83 bits per heavy atom. The van der Waals surface area contributed by atoms with Crippen molar-refractivity contribution in [2.45, 2.75) is 6.04 Å². The molecule has 0 amide bonds. The number of halogens is 1. The van der Waals surface area contributed by atoms with Crippen molar-refractivity contribution in [1.29, 1.82) is 0 Å². The molecule has 0 saturated carbocycles. The van der Waals surface area contributed by atoms with Gasteiger partial charge in [0.1, 0.15) is 6.04 Å². The van der Waals surface area contributed by atoms with Gasteiger partial charge in [-0.1, -0.05) is 6.08 Å². The summed E-state index contributed by atoms with van der Waals surface area (Å²) in [7, 11) is 1.33. The Kier molecular flexibility index (Phi) is 10.6. The first-order valence-electron chi connectivity index (χ1n) is 3.24. The van der Waals surface area contributed by atoms with Crippen LogP contribution in [-0.2, 0) is 9.53 Å². The van der Waals surface area contributed by atoms with Crippen LogP contribution in [0, 0.1) is 0 Å². The highest BCUT2D eigenvalue weighted by Gasteiger charge is 2.12. The minimum atomic E-state index is -0.509. The maximum absolute atomic E-state index is 10.7. The van der Waals surface area contributed by atoms with Crippen LogP contribution < -0.4 is 5.73 Å². The molecular weight excluding hydrogens is 198 g/mol. The molecule has 0 unspecified atom stereocenters. The van der Waals surface area contributed by atoms with Gasteiger partial charge in [0.2, 0.25) is 0 Å². The molecule has 0 fully saturated rings. The van der Waals surface area contributed by atoms with E-state index in [1.807, 2.05) is 0 Å². The number of carbonyl (C=O) groups excluding carboxylic acids is 1. The summed E-state index contributed by atoms with van der Waals surface area (Å²) in [6.45, 7) is 3.54. The van der Waals surface area contributed by atoms with E-state index >= 15 is 0 Å². The van der Waals surface area contributed by atoms with Gasteiger partial charge in [-0.15, -0.1) is 19.0 Å². The molecule has 72 valence electrons. The molecule has 0 bridgehead atoms. The molecule has 0 aliphatic carbocycles. The number of carbonyl (C=O) groups is 1. The zero-order valence-corrected chi connectivity index (χ0v) is 8.62. The second-order valence-electron chi connectivity index (χ2n) is 1.96. The van der Waals surface area contributed by atoms with Gasteiger partial charge in [-0.05, 0) is 0 Å². The summed E-state index contributed by atoms with van der Waals surface area (Å²) in [6, 6.07) is -0.509. The van der Waals surface area contributed by atoms with E-state index in [4.69, 9.17) is 5.73 Å². The number of nitrogens with two attached hydrogens (primary N) is 1. The summed E-state index contributed by atoms with van der Waals surface area (Å²) in [5.74, 6) is 1.03. The molecule has 2 N–H and O–H groups in total. The standard InChI is InChI=1S/C7H13NO2S.ClH/c1-3-4-11-5-6(8)7(9)10-2;/h3,6H,1,4-5,8H2,2H3;1H/t6-;/m0./s1. The maximum atomic E-state index is 10.7. The van der Waals surface area contributed by atoms with Gasteiger partial charge in [0.25, 0.3) is 0 Å². The number of methoxy groups -OCH3 is 1. The van der Waals surface area contributed by atoms with Crippen molar-refractivity contribution < 1.29 is 9.53 Å². The van der Waals surface area contributed by atoms with Crippen LogP contribution in [0.15, 0.2) is 12.7 Å². The largest absolute Gasteiger partial charge is 0.468 e. The molecule has 0 aromatic rings. The van der Waals surface area contributed by atoms with Crippen LogP contribution in [0.3, 0.4) is 0 Å². The molecule has 0 radical (unpaired) electrons. The minimum Gasteiger partial charge on any atom is -0.468 e. The molecule has 5 heteroatoms. The van der Waals surface area contributed by atoms with Crippen molar-refractivity contribution in [3.05, 3.63) is 12.7 Å². The van der Waals surface area contributed by atoms with Crippen molar-refractivity contribution in [2.75, 3.05) is 18.6 Å². The molecule has 0 aliphatic rings. The second-order valence-corrected chi connectivity index (χ2v) is 3.03. The van der Waals surface area contributed by atoms with E-state index in [0.29, 0.717) is 5.75 Å². The first-order valence-corrected chi connectivity index (χ1v) is 4.40. The SMILES string of the molecule is C=CCSC[C@H](N)C(=O)OC.Cl. The van der Waals surface area contributed by atoms with Crippen LogP contribution in [0.5, 0.6) is 0 Å². The Morgan fingerprint density at radius 2 is 2.42 bits per heavy atom. The molecule has 0 rings (SSSR count). The summed E-state index contributed by atoms with van der Waals surface area (Å²) in [6.07, 6.45) is 1.77. The number of esters is 1. The molecule has 0 aliphatic heterocycles. The predicted molar refractivity (Wildman–Crippen MR) is 54.8 cm³/mol. The Hall–Kier alpha value is -0.190. The van der Waals surface area contributed by atoms with Gasteiger partial charge in [-0.3, -0.25) is 4.79 Å². The fourth-order valence-electron chi connectivity index (χ4n) is 0.498. The monoisotopic (exact) mass is 211 g/mol. The van der Waals surface area contributed by atoms with Crippen molar-refractivity contribution in [3.8, 4) is 0 Å². The number of hydrogen-bond donors (Lipinski definition) is 1. The molecule has 1 atom stereocenters. The number of ether oxygens (including phenoxy) is 1. The first kappa shape index (κ1) is 14.3. The van der Waals surface area contributed by atoms with Gasteiger partial charge in [-0.2, -0.15) is 11.8 Å². The third-order valence-electron chi connectivity index (χ3n) is 1.04. The molecule has 0 heterocycles. The van der Waals surface area contributed by atoms with Crippen LogP contribution in [-0.4, -0.2) is 30.6 Å². The molecule has 0 spiro atoms. The van der Waals surface area contributed by atoms with E-state index in [1.54, 1.807) is 17.8 Å². The van der Waals surface area contributed by atoms with Crippen molar-refractivity contribution >= 4 is 30.1 Å². The fourth-order valence-corrected chi connectivity index (χ4v) is 1.19. The van der Waals surface area contributed by atoms with E-state index < -0.39 is 6.04 Å². The zero-order valence-electron chi connectivity index (χ0n) is 6.99. The lowest BCUT2D eigenvalue weighted by atomic mass is 10.4. The minimum absolute atomic E-state index is 0. The topological polar surface area (TPSA) is 52.3 Å². The normalized spacial score (nSPS) is 11.2. The van der Waals surface area contributed by atoms with Gasteiger partial charge in [0.05, 0.1) is 7.11 Å². The summed E-state index contributed by atoms with van der Waals surface area (Å²) >= 11 is 1.56. The van der Waals surface area contributed by atoms with Crippen molar-refractivity contribution in [3.63, 3.8) is 0 Å². The lowest BCUT2D eigenvalue weighted by Crippen LogP contribution is -2.33. The van der Waals surface area contributed by atoms with Gasteiger partial charge < -0.3 is 10.5 Å². The van der Waals surface area contributed by atoms with Gasteiger partial charge >= 0.3 is 5.97 Å². The Bertz CT molecular complexity index is 143. The van der Waals surface area contributed by atoms with E-state index in [2.05, 4.69) is 11.3 Å². The van der Waals surface area contributed by atoms with E-state index in [0.717, 1.165) is 5.75 Å². The quantitative estimate of drug-likeness (QED) is 0.416. The maximum Gasteiger partial charge on any atom is 0.323 e. The van der Waals surface area contributed by atoms with Crippen LogP contribution in [0.1, 0.15) is 0 Å². The first-order chi connectivity index (χ1) is 5.22. The predicted octanol–water partition coefficient (Wildman–Crippen LogP) is 0.828. The Morgan fingerprint density at radius 3 is 2.83 bits per heavy atom. The van der Waals surface area contributed by atoms with Crippen molar-refractivity contribution in [1.82, 2.24) is 0 Å². The molecule has 0 saturated heterocycles. The van der Waals surface area contributed by atoms with Crippen molar-refractivity contribution in [2.24, 2.45) is 5.73 Å². The van der Waals surface area contributed by atoms with E-state index in [9.17, 15) is 4.79 Å². The summed E-state index contributed by atoms with van der Waals surface area (Å²) in [4.78, 5) is 10.7. The third-order valence-corrected chi connectivity index (χ3v) is 2.10.